The zero-order chi connectivity index (χ0) is 15.2. The Morgan fingerprint density at radius 2 is 2.10 bits per heavy atom. The normalized spacial score (nSPS) is 11.9. The summed E-state index contributed by atoms with van der Waals surface area (Å²) in [7, 11) is 1.62. The minimum Gasteiger partial charge on any atom is -0.497 e. The topological polar surface area (TPSA) is 74.4 Å². The molecule has 0 fully saturated rings. The highest BCUT2D eigenvalue weighted by Crippen LogP contribution is 2.31. The van der Waals surface area contributed by atoms with Crippen molar-refractivity contribution < 1.29 is 14.3 Å². The average Bonchev–Trinajstić information content (AvgIpc) is 2.91. The van der Waals surface area contributed by atoms with Gasteiger partial charge in [0.1, 0.15) is 5.75 Å². The van der Waals surface area contributed by atoms with E-state index >= 15 is 0 Å². The van der Waals surface area contributed by atoms with Gasteiger partial charge >= 0.3 is 5.97 Å². The first-order chi connectivity index (χ1) is 10.1. The molecule has 1 atom stereocenters. The molecule has 2 N–H and O–H groups in total. The first-order valence-electron chi connectivity index (χ1n) is 6.64. The third kappa shape index (κ3) is 3.95. The average molecular weight is 306 g/mol. The molecule has 21 heavy (non-hydrogen) atoms. The summed E-state index contributed by atoms with van der Waals surface area (Å²) in [6.07, 6.45) is 0.239. The molecule has 1 aromatic heterocycles. The van der Waals surface area contributed by atoms with Crippen molar-refractivity contribution in [2.75, 3.05) is 19.5 Å². The number of thiazole rings is 1. The number of nitrogen functional groups attached to an aromatic ring is 1. The SMILES string of the molecule is CCOC(=O)CC(c1ccc(OC)cc1)c1csc(N)n1. The van der Waals surface area contributed by atoms with Crippen LogP contribution in [0.15, 0.2) is 29.6 Å². The van der Waals surface area contributed by atoms with E-state index in [1.54, 1.807) is 14.0 Å². The predicted octanol–water partition coefficient (Wildman–Crippen LogP) is 2.82. The van der Waals surface area contributed by atoms with Crippen LogP contribution in [-0.4, -0.2) is 24.7 Å². The summed E-state index contributed by atoms with van der Waals surface area (Å²) in [5.74, 6) is 0.361. The van der Waals surface area contributed by atoms with Crippen molar-refractivity contribution in [3.63, 3.8) is 0 Å². The highest BCUT2D eigenvalue weighted by atomic mass is 32.1. The van der Waals surface area contributed by atoms with Gasteiger partial charge in [-0.05, 0) is 24.6 Å². The van der Waals surface area contributed by atoms with Gasteiger partial charge in [-0.25, -0.2) is 4.98 Å². The Kier molecular flexibility index (Phi) is 5.16. The van der Waals surface area contributed by atoms with E-state index in [2.05, 4.69) is 4.98 Å². The third-order valence-corrected chi connectivity index (χ3v) is 3.78. The number of nitrogens with two attached hydrogens (primary N) is 1. The number of nitrogens with zero attached hydrogens (tertiary/aromatic N) is 1. The van der Waals surface area contributed by atoms with Crippen molar-refractivity contribution in [1.29, 1.82) is 0 Å². The summed E-state index contributed by atoms with van der Waals surface area (Å²) >= 11 is 1.37. The van der Waals surface area contributed by atoms with E-state index < -0.39 is 0 Å². The molecule has 112 valence electrons. The molecule has 5 nitrogen and oxygen atoms in total. The van der Waals surface area contributed by atoms with Gasteiger partial charge in [-0.15, -0.1) is 11.3 Å². The van der Waals surface area contributed by atoms with Gasteiger partial charge < -0.3 is 15.2 Å². The van der Waals surface area contributed by atoms with Crippen LogP contribution in [0.3, 0.4) is 0 Å². The van der Waals surface area contributed by atoms with Crippen LogP contribution in [0.25, 0.3) is 0 Å². The van der Waals surface area contributed by atoms with Gasteiger partial charge in [0.15, 0.2) is 5.13 Å². The first kappa shape index (κ1) is 15.3. The molecule has 0 spiro atoms. The van der Waals surface area contributed by atoms with Crippen molar-refractivity contribution in [1.82, 2.24) is 4.98 Å². The lowest BCUT2D eigenvalue weighted by Crippen LogP contribution is -2.12. The molecule has 0 radical (unpaired) electrons. The summed E-state index contributed by atoms with van der Waals surface area (Å²) in [5.41, 5.74) is 7.47. The van der Waals surface area contributed by atoms with Crippen LogP contribution < -0.4 is 10.5 Å². The highest BCUT2D eigenvalue weighted by molar-refractivity contribution is 7.13. The van der Waals surface area contributed by atoms with Crippen molar-refractivity contribution in [2.45, 2.75) is 19.3 Å². The Balaban J connectivity index is 2.27. The number of rotatable bonds is 6. The number of aromatic nitrogens is 1. The quantitative estimate of drug-likeness (QED) is 0.831. The molecule has 2 aromatic rings. The number of methoxy groups -OCH3 is 1. The van der Waals surface area contributed by atoms with Gasteiger partial charge in [-0.3, -0.25) is 4.79 Å². The molecule has 0 aliphatic carbocycles. The number of benzene rings is 1. The molecule has 0 amide bonds. The van der Waals surface area contributed by atoms with Crippen LogP contribution in [0.4, 0.5) is 5.13 Å². The monoisotopic (exact) mass is 306 g/mol. The molecule has 0 aliphatic heterocycles. The molecule has 0 aliphatic rings. The molecular weight excluding hydrogens is 288 g/mol. The number of anilines is 1. The fourth-order valence-corrected chi connectivity index (χ4v) is 2.69. The summed E-state index contributed by atoms with van der Waals surface area (Å²) in [5, 5.41) is 2.37. The maximum Gasteiger partial charge on any atom is 0.306 e. The molecule has 1 heterocycles. The Labute approximate surface area is 127 Å². The lowest BCUT2D eigenvalue weighted by atomic mass is 9.93. The summed E-state index contributed by atoms with van der Waals surface area (Å²) < 4.78 is 10.2. The minimum absolute atomic E-state index is 0.163. The van der Waals surface area contributed by atoms with Crippen molar-refractivity contribution in [2.24, 2.45) is 0 Å². The molecule has 1 unspecified atom stereocenters. The first-order valence-corrected chi connectivity index (χ1v) is 7.52. The van der Waals surface area contributed by atoms with E-state index in [1.807, 2.05) is 29.6 Å². The van der Waals surface area contributed by atoms with Gasteiger partial charge in [0.25, 0.3) is 0 Å². The Hall–Kier alpha value is -2.08. The summed E-state index contributed by atoms with van der Waals surface area (Å²) in [6, 6.07) is 7.59. The number of ether oxygens (including phenoxy) is 2. The van der Waals surface area contributed by atoms with Crippen molar-refractivity contribution in [3.8, 4) is 5.75 Å². The second kappa shape index (κ2) is 7.08. The van der Waals surface area contributed by atoms with E-state index in [-0.39, 0.29) is 18.3 Å². The maximum atomic E-state index is 11.8. The van der Waals surface area contributed by atoms with Gasteiger partial charge in [-0.2, -0.15) is 0 Å². The van der Waals surface area contributed by atoms with E-state index in [9.17, 15) is 4.79 Å². The lowest BCUT2D eigenvalue weighted by Gasteiger charge is -2.15. The molecule has 0 bridgehead atoms. The molecule has 1 aromatic carbocycles. The van der Waals surface area contributed by atoms with Gasteiger partial charge in [0, 0.05) is 11.3 Å². The van der Waals surface area contributed by atoms with E-state index in [0.29, 0.717) is 11.7 Å². The van der Waals surface area contributed by atoms with E-state index in [4.69, 9.17) is 15.2 Å². The highest BCUT2D eigenvalue weighted by Gasteiger charge is 2.21. The maximum absolute atomic E-state index is 11.8. The number of carbonyl (C=O) groups excluding carboxylic acids is 1. The van der Waals surface area contributed by atoms with Crippen molar-refractivity contribution >= 4 is 22.4 Å². The minimum atomic E-state index is -0.245. The number of hydrogen-bond acceptors (Lipinski definition) is 6. The Morgan fingerprint density at radius 1 is 1.38 bits per heavy atom. The second-order valence-corrected chi connectivity index (χ2v) is 5.34. The van der Waals surface area contributed by atoms with Crippen LogP contribution in [0.5, 0.6) is 5.75 Å². The number of carbonyl (C=O) groups is 1. The summed E-state index contributed by atoms with van der Waals surface area (Å²) in [4.78, 5) is 16.1. The molecule has 6 heteroatoms. The Bertz CT molecular complexity index is 595. The summed E-state index contributed by atoms with van der Waals surface area (Å²) in [6.45, 7) is 2.16. The van der Waals surface area contributed by atoms with Gasteiger partial charge in [0.2, 0.25) is 0 Å². The zero-order valence-electron chi connectivity index (χ0n) is 12.0. The number of hydrogen-bond donors (Lipinski definition) is 1. The smallest absolute Gasteiger partial charge is 0.306 e. The Morgan fingerprint density at radius 3 is 2.62 bits per heavy atom. The third-order valence-electron chi connectivity index (χ3n) is 3.09. The standard InChI is InChI=1S/C15H18N2O3S/c1-3-20-14(18)8-12(13-9-21-15(16)17-13)10-4-6-11(19-2)7-5-10/h4-7,9,12H,3,8H2,1-2H3,(H2,16,17). The molecule has 0 saturated heterocycles. The van der Waals surface area contributed by atoms with Crippen LogP contribution >= 0.6 is 11.3 Å². The van der Waals surface area contributed by atoms with E-state index in [1.165, 1.54) is 11.3 Å². The van der Waals surface area contributed by atoms with Crippen LogP contribution in [-0.2, 0) is 9.53 Å². The second-order valence-electron chi connectivity index (χ2n) is 4.45. The van der Waals surface area contributed by atoms with Crippen LogP contribution in [0.2, 0.25) is 0 Å². The van der Waals surface area contributed by atoms with Crippen molar-refractivity contribution in [3.05, 3.63) is 40.9 Å². The van der Waals surface area contributed by atoms with Gasteiger partial charge in [-0.1, -0.05) is 12.1 Å². The molecule has 0 saturated carbocycles. The molecule has 2 rings (SSSR count). The number of esters is 1. The zero-order valence-corrected chi connectivity index (χ0v) is 12.9. The van der Waals surface area contributed by atoms with Gasteiger partial charge in [0.05, 0.1) is 25.8 Å². The fraction of sp³-hybridized carbons (Fsp3) is 0.333. The van der Waals surface area contributed by atoms with E-state index in [0.717, 1.165) is 17.0 Å². The predicted molar refractivity (Wildman–Crippen MR) is 82.6 cm³/mol. The molecular formula is C15H18N2O3S. The van der Waals surface area contributed by atoms with Crippen LogP contribution in [0.1, 0.15) is 30.5 Å². The lowest BCUT2D eigenvalue weighted by molar-refractivity contribution is -0.143. The van der Waals surface area contributed by atoms with Crippen LogP contribution in [0, 0.1) is 0 Å². The largest absolute Gasteiger partial charge is 0.497 e. The fourth-order valence-electron chi connectivity index (χ4n) is 2.08.